The zero-order valence-corrected chi connectivity index (χ0v) is 16.9. The summed E-state index contributed by atoms with van der Waals surface area (Å²) in [5.41, 5.74) is 1.83. The summed E-state index contributed by atoms with van der Waals surface area (Å²) >= 11 is 12.4. The Balaban J connectivity index is 0.00000261. The SMILES string of the molecule is COc1cc(CNCc2ccco2)ccc1OCc1c(Cl)cccc1Cl.[Cl-]. The predicted octanol–water partition coefficient (Wildman–Crippen LogP) is 2.47. The van der Waals surface area contributed by atoms with Crippen LogP contribution in [0.3, 0.4) is 0 Å². The monoisotopic (exact) mass is 426 g/mol. The Morgan fingerprint density at radius 1 is 0.963 bits per heavy atom. The van der Waals surface area contributed by atoms with Gasteiger partial charge in [0.15, 0.2) is 11.5 Å². The molecular weight excluding hydrogens is 409 g/mol. The number of rotatable bonds is 8. The number of ether oxygens (including phenoxy) is 2. The molecule has 0 amide bonds. The quantitative estimate of drug-likeness (QED) is 0.600. The minimum atomic E-state index is 0. The highest BCUT2D eigenvalue weighted by Crippen LogP contribution is 2.31. The number of hydrogen-bond donors (Lipinski definition) is 1. The lowest BCUT2D eigenvalue weighted by Crippen LogP contribution is -3.00. The van der Waals surface area contributed by atoms with Gasteiger partial charge in [0, 0.05) is 22.2 Å². The van der Waals surface area contributed by atoms with Crippen LogP contribution in [0, 0.1) is 0 Å². The molecule has 27 heavy (non-hydrogen) atoms. The Morgan fingerprint density at radius 3 is 2.41 bits per heavy atom. The molecule has 0 saturated heterocycles. The summed E-state index contributed by atoms with van der Waals surface area (Å²) in [6, 6.07) is 15.0. The Morgan fingerprint density at radius 2 is 1.74 bits per heavy atom. The summed E-state index contributed by atoms with van der Waals surface area (Å²) in [5, 5.41) is 4.48. The first kappa shape index (κ1) is 21.5. The standard InChI is InChI=1S/C20H19Cl2NO3.ClH/c1-24-20-10-14(11-23-12-15-4-3-9-25-15)7-8-19(20)26-13-16-17(21)5-2-6-18(16)22;/h2-10,23H,11-13H2,1H3;1H/p-1. The second kappa shape index (κ2) is 10.5. The third-order valence-electron chi connectivity index (χ3n) is 3.87. The Bertz CT molecular complexity index is 833. The summed E-state index contributed by atoms with van der Waals surface area (Å²) in [7, 11) is 1.62. The van der Waals surface area contributed by atoms with E-state index in [9.17, 15) is 0 Å². The van der Waals surface area contributed by atoms with Crippen LogP contribution in [0.4, 0.5) is 0 Å². The fourth-order valence-electron chi connectivity index (χ4n) is 2.50. The molecule has 2 aromatic carbocycles. The van der Waals surface area contributed by atoms with E-state index in [1.54, 1.807) is 31.6 Å². The van der Waals surface area contributed by atoms with Gasteiger partial charge in [-0.25, -0.2) is 0 Å². The molecule has 0 atom stereocenters. The van der Waals surface area contributed by atoms with Crippen molar-refractivity contribution in [3.63, 3.8) is 0 Å². The zero-order valence-electron chi connectivity index (χ0n) is 14.7. The van der Waals surface area contributed by atoms with Gasteiger partial charge in [0.05, 0.1) is 19.9 Å². The van der Waals surface area contributed by atoms with Crippen LogP contribution < -0.4 is 27.2 Å². The van der Waals surface area contributed by atoms with Gasteiger partial charge >= 0.3 is 0 Å². The van der Waals surface area contributed by atoms with Gasteiger partial charge in [0.2, 0.25) is 0 Å². The Kier molecular flexibility index (Phi) is 8.32. The third-order valence-corrected chi connectivity index (χ3v) is 4.58. The highest BCUT2D eigenvalue weighted by Gasteiger charge is 2.10. The smallest absolute Gasteiger partial charge is 0.161 e. The minimum Gasteiger partial charge on any atom is -1.00 e. The topological polar surface area (TPSA) is 43.6 Å². The van der Waals surface area contributed by atoms with Crippen molar-refractivity contribution in [1.29, 1.82) is 0 Å². The lowest BCUT2D eigenvalue weighted by Gasteiger charge is -2.14. The van der Waals surface area contributed by atoms with E-state index in [0.717, 1.165) is 16.9 Å². The molecule has 0 radical (unpaired) electrons. The van der Waals surface area contributed by atoms with Crippen LogP contribution in [0.15, 0.2) is 59.2 Å². The molecule has 0 aliphatic heterocycles. The number of halogens is 3. The highest BCUT2D eigenvalue weighted by atomic mass is 35.5. The van der Waals surface area contributed by atoms with Crippen molar-refractivity contribution in [2.24, 2.45) is 0 Å². The van der Waals surface area contributed by atoms with Gasteiger partial charge in [-0.2, -0.15) is 0 Å². The first-order valence-corrected chi connectivity index (χ1v) is 8.88. The minimum absolute atomic E-state index is 0. The molecule has 0 bridgehead atoms. The summed E-state index contributed by atoms with van der Waals surface area (Å²) in [4.78, 5) is 0. The van der Waals surface area contributed by atoms with E-state index in [-0.39, 0.29) is 19.0 Å². The van der Waals surface area contributed by atoms with Crippen molar-refractivity contribution in [2.75, 3.05) is 7.11 Å². The molecule has 1 N–H and O–H groups in total. The molecular formula is C20H19Cl3NO3-. The normalized spacial score (nSPS) is 10.3. The fourth-order valence-corrected chi connectivity index (χ4v) is 3.01. The molecule has 0 spiro atoms. The van der Waals surface area contributed by atoms with Gasteiger partial charge in [-0.1, -0.05) is 35.3 Å². The number of methoxy groups -OCH3 is 1. The van der Waals surface area contributed by atoms with Crippen LogP contribution in [0.2, 0.25) is 10.0 Å². The van der Waals surface area contributed by atoms with Crippen molar-refractivity contribution in [1.82, 2.24) is 5.32 Å². The van der Waals surface area contributed by atoms with Gasteiger partial charge in [0.1, 0.15) is 12.4 Å². The van der Waals surface area contributed by atoms with Gasteiger partial charge in [-0.3, -0.25) is 0 Å². The van der Waals surface area contributed by atoms with Gasteiger partial charge in [-0.05, 0) is 42.0 Å². The Labute approximate surface area is 174 Å². The first-order chi connectivity index (χ1) is 12.7. The van der Waals surface area contributed by atoms with Crippen LogP contribution in [-0.2, 0) is 19.7 Å². The van der Waals surface area contributed by atoms with Crippen LogP contribution >= 0.6 is 23.2 Å². The molecule has 3 rings (SSSR count). The van der Waals surface area contributed by atoms with Crippen LogP contribution in [0.5, 0.6) is 11.5 Å². The highest BCUT2D eigenvalue weighted by molar-refractivity contribution is 6.35. The van der Waals surface area contributed by atoms with Gasteiger partial charge < -0.3 is 31.6 Å². The average Bonchev–Trinajstić information content (AvgIpc) is 3.15. The molecule has 1 aromatic heterocycles. The molecule has 7 heteroatoms. The maximum atomic E-state index is 6.18. The van der Waals surface area contributed by atoms with Crippen molar-refractivity contribution < 1.29 is 26.3 Å². The number of hydrogen-bond acceptors (Lipinski definition) is 4. The lowest BCUT2D eigenvalue weighted by molar-refractivity contribution is -0.00000617. The van der Waals surface area contributed by atoms with Crippen LogP contribution in [-0.4, -0.2) is 7.11 Å². The van der Waals surface area contributed by atoms with Gasteiger partial charge in [0.25, 0.3) is 0 Å². The molecule has 0 fully saturated rings. The second-order valence-electron chi connectivity index (χ2n) is 5.66. The molecule has 0 saturated carbocycles. The first-order valence-electron chi connectivity index (χ1n) is 8.13. The largest absolute Gasteiger partial charge is 1.00 e. The maximum absolute atomic E-state index is 6.18. The zero-order chi connectivity index (χ0) is 18.4. The van der Waals surface area contributed by atoms with E-state index in [2.05, 4.69) is 5.32 Å². The summed E-state index contributed by atoms with van der Waals surface area (Å²) in [6.45, 7) is 1.62. The molecule has 0 unspecified atom stereocenters. The van der Waals surface area contributed by atoms with E-state index < -0.39 is 0 Å². The summed E-state index contributed by atoms with van der Waals surface area (Å²) < 4.78 is 16.6. The van der Waals surface area contributed by atoms with Gasteiger partial charge in [-0.15, -0.1) is 0 Å². The number of furan rings is 1. The molecule has 0 aliphatic carbocycles. The van der Waals surface area contributed by atoms with Crippen molar-refractivity contribution >= 4 is 23.2 Å². The lowest BCUT2D eigenvalue weighted by atomic mass is 10.2. The summed E-state index contributed by atoms with van der Waals surface area (Å²) in [5.74, 6) is 2.19. The molecule has 0 aliphatic rings. The molecule has 3 aromatic rings. The van der Waals surface area contributed by atoms with Crippen LogP contribution in [0.1, 0.15) is 16.9 Å². The van der Waals surface area contributed by atoms with E-state index in [1.165, 1.54) is 0 Å². The van der Waals surface area contributed by atoms with E-state index in [1.807, 2.05) is 30.3 Å². The summed E-state index contributed by atoms with van der Waals surface area (Å²) in [6.07, 6.45) is 1.66. The van der Waals surface area contributed by atoms with E-state index >= 15 is 0 Å². The van der Waals surface area contributed by atoms with Crippen molar-refractivity contribution in [2.45, 2.75) is 19.7 Å². The number of benzene rings is 2. The van der Waals surface area contributed by atoms with Crippen molar-refractivity contribution in [3.8, 4) is 11.5 Å². The predicted molar refractivity (Wildman–Crippen MR) is 103 cm³/mol. The molecule has 4 nitrogen and oxygen atoms in total. The van der Waals surface area contributed by atoms with Crippen LogP contribution in [0.25, 0.3) is 0 Å². The van der Waals surface area contributed by atoms with E-state index in [0.29, 0.717) is 34.6 Å². The second-order valence-corrected chi connectivity index (χ2v) is 6.47. The molecule has 144 valence electrons. The maximum Gasteiger partial charge on any atom is 0.161 e. The Hall–Kier alpha value is -1.85. The number of nitrogens with one attached hydrogen (secondary N) is 1. The van der Waals surface area contributed by atoms with Crippen molar-refractivity contribution in [3.05, 3.63) is 81.7 Å². The average molecular weight is 428 g/mol. The molecule has 1 heterocycles. The fraction of sp³-hybridized carbons (Fsp3) is 0.200. The third kappa shape index (κ3) is 5.81. The van der Waals surface area contributed by atoms with E-state index in [4.69, 9.17) is 37.1 Å².